The molecule has 0 spiro atoms. The summed E-state index contributed by atoms with van der Waals surface area (Å²) >= 11 is 0. The lowest BCUT2D eigenvalue weighted by Crippen LogP contribution is -2.18. The standard InChI is InChI=1S/C14H18N4O/c1-15-7-6-13(19)17-12-5-3-4-11(10-12)14-16-8-9-18(14)2/h3-5,8-10,15H,6-7H2,1-2H3,(H,17,19). The molecule has 0 aliphatic heterocycles. The minimum Gasteiger partial charge on any atom is -0.334 e. The number of carbonyl (C=O) groups excluding carboxylic acids is 1. The Morgan fingerprint density at radius 1 is 1.42 bits per heavy atom. The maximum absolute atomic E-state index is 11.7. The van der Waals surface area contributed by atoms with E-state index in [9.17, 15) is 4.79 Å². The van der Waals surface area contributed by atoms with Crippen LogP contribution < -0.4 is 10.6 Å². The molecule has 0 bridgehead atoms. The van der Waals surface area contributed by atoms with E-state index in [1.807, 2.05) is 49.1 Å². The minimum atomic E-state index is 0.00587. The molecular formula is C14H18N4O. The zero-order valence-electron chi connectivity index (χ0n) is 11.2. The zero-order chi connectivity index (χ0) is 13.7. The van der Waals surface area contributed by atoms with Crippen LogP contribution >= 0.6 is 0 Å². The first-order valence-corrected chi connectivity index (χ1v) is 6.23. The number of carbonyl (C=O) groups is 1. The summed E-state index contributed by atoms with van der Waals surface area (Å²) in [5, 5.41) is 5.83. The number of benzene rings is 1. The van der Waals surface area contributed by atoms with Gasteiger partial charge in [0.1, 0.15) is 5.82 Å². The fourth-order valence-electron chi connectivity index (χ4n) is 1.84. The molecule has 0 saturated carbocycles. The molecule has 0 aliphatic rings. The fourth-order valence-corrected chi connectivity index (χ4v) is 1.84. The van der Waals surface area contributed by atoms with Gasteiger partial charge in [-0.25, -0.2) is 4.98 Å². The van der Waals surface area contributed by atoms with Gasteiger partial charge in [-0.15, -0.1) is 0 Å². The number of nitrogens with zero attached hydrogens (tertiary/aromatic N) is 2. The van der Waals surface area contributed by atoms with Crippen LogP contribution in [0.15, 0.2) is 36.7 Å². The van der Waals surface area contributed by atoms with Crippen molar-refractivity contribution in [2.24, 2.45) is 7.05 Å². The molecule has 0 atom stereocenters. The van der Waals surface area contributed by atoms with Crippen LogP contribution in [-0.4, -0.2) is 29.1 Å². The van der Waals surface area contributed by atoms with Gasteiger partial charge in [-0.2, -0.15) is 0 Å². The Morgan fingerprint density at radius 2 is 2.26 bits per heavy atom. The number of rotatable bonds is 5. The zero-order valence-corrected chi connectivity index (χ0v) is 11.2. The highest BCUT2D eigenvalue weighted by Gasteiger charge is 2.06. The maximum Gasteiger partial charge on any atom is 0.225 e. The lowest BCUT2D eigenvalue weighted by Gasteiger charge is -2.07. The van der Waals surface area contributed by atoms with Gasteiger partial charge in [0.05, 0.1) is 0 Å². The highest BCUT2D eigenvalue weighted by molar-refractivity contribution is 5.91. The van der Waals surface area contributed by atoms with Crippen LogP contribution in [0.2, 0.25) is 0 Å². The third-order valence-electron chi connectivity index (χ3n) is 2.83. The number of nitrogens with one attached hydrogen (secondary N) is 2. The van der Waals surface area contributed by atoms with E-state index in [1.165, 1.54) is 0 Å². The lowest BCUT2D eigenvalue weighted by molar-refractivity contribution is -0.116. The van der Waals surface area contributed by atoms with Crippen molar-refractivity contribution in [3.63, 3.8) is 0 Å². The van der Waals surface area contributed by atoms with Crippen molar-refractivity contribution in [1.82, 2.24) is 14.9 Å². The van der Waals surface area contributed by atoms with E-state index in [1.54, 1.807) is 6.20 Å². The van der Waals surface area contributed by atoms with Gasteiger partial charge in [-0.1, -0.05) is 12.1 Å². The Bertz CT molecular complexity index is 562. The molecule has 2 aromatic rings. The van der Waals surface area contributed by atoms with Gasteiger partial charge in [-0.05, 0) is 19.2 Å². The van der Waals surface area contributed by atoms with Gasteiger partial charge in [0.2, 0.25) is 5.91 Å². The normalized spacial score (nSPS) is 10.4. The number of aromatic nitrogens is 2. The van der Waals surface area contributed by atoms with Crippen LogP contribution in [0.3, 0.4) is 0 Å². The largest absolute Gasteiger partial charge is 0.334 e. The third-order valence-corrected chi connectivity index (χ3v) is 2.83. The van der Waals surface area contributed by atoms with Crippen molar-refractivity contribution >= 4 is 11.6 Å². The van der Waals surface area contributed by atoms with Gasteiger partial charge >= 0.3 is 0 Å². The molecule has 0 saturated heterocycles. The van der Waals surface area contributed by atoms with E-state index >= 15 is 0 Å². The van der Waals surface area contributed by atoms with Crippen LogP contribution in [0.4, 0.5) is 5.69 Å². The van der Waals surface area contributed by atoms with Crippen molar-refractivity contribution < 1.29 is 4.79 Å². The predicted octanol–water partition coefficient (Wildman–Crippen LogP) is 1.64. The number of amides is 1. The topological polar surface area (TPSA) is 59.0 Å². The SMILES string of the molecule is CNCCC(=O)Nc1cccc(-c2nccn2C)c1. The van der Waals surface area contributed by atoms with Crippen LogP contribution in [-0.2, 0) is 11.8 Å². The smallest absolute Gasteiger partial charge is 0.225 e. The van der Waals surface area contributed by atoms with Gasteiger partial charge in [0, 0.05) is 43.7 Å². The summed E-state index contributed by atoms with van der Waals surface area (Å²) in [7, 11) is 3.77. The summed E-state index contributed by atoms with van der Waals surface area (Å²) in [6.45, 7) is 0.672. The summed E-state index contributed by atoms with van der Waals surface area (Å²) in [5.41, 5.74) is 1.78. The molecule has 1 heterocycles. The first-order chi connectivity index (χ1) is 9.20. The van der Waals surface area contributed by atoms with Crippen molar-refractivity contribution in [3.8, 4) is 11.4 Å². The summed E-state index contributed by atoms with van der Waals surface area (Å²) < 4.78 is 1.95. The molecule has 100 valence electrons. The predicted molar refractivity (Wildman–Crippen MR) is 75.8 cm³/mol. The van der Waals surface area contributed by atoms with Crippen molar-refractivity contribution in [1.29, 1.82) is 0 Å². The second-order valence-corrected chi connectivity index (χ2v) is 4.34. The van der Waals surface area contributed by atoms with Gasteiger partial charge in [0.15, 0.2) is 0 Å². The van der Waals surface area contributed by atoms with Gasteiger partial charge < -0.3 is 15.2 Å². The Morgan fingerprint density at radius 3 is 2.95 bits per heavy atom. The van der Waals surface area contributed by atoms with E-state index in [0.717, 1.165) is 17.1 Å². The number of hydrogen-bond acceptors (Lipinski definition) is 3. The highest BCUT2D eigenvalue weighted by Crippen LogP contribution is 2.20. The molecule has 0 radical (unpaired) electrons. The average Bonchev–Trinajstić information content (AvgIpc) is 2.83. The molecule has 1 aromatic heterocycles. The Balaban J connectivity index is 2.12. The Labute approximate surface area is 112 Å². The number of hydrogen-bond donors (Lipinski definition) is 2. The number of imidazole rings is 1. The third kappa shape index (κ3) is 3.42. The first kappa shape index (κ1) is 13.3. The summed E-state index contributed by atoms with van der Waals surface area (Å²) in [6.07, 6.45) is 4.12. The minimum absolute atomic E-state index is 0.00587. The van der Waals surface area contributed by atoms with Crippen LogP contribution in [0.25, 0.3) is 11.4 Å². The fraction of sp³-hybridized carbons (Fsp3) is 0.286. The first-order valence-electron chi connectivity index (χ1n) is 6.23. The van der Waals surface area contributed by atoms with Crippen molar-refractivity contribution in [2.75, 3.05) is 18.9 Å². The van der Waals surface area contributed by atoms with Crippen molar-refractivity contribution in [3.05, 3.63) is 36.7 Å². The molecule has 19 heavy (non-hydrogen) atoms. The summed E-state index contributed by atoms with van der Waals surface area (Å²) in [5.74, 6) is 0.887. The van der Waals surface area contributed by atoms with Crippen LogP contribution in [0, 0.1) is 0 Å². The average molecular weight is 258 g/mol. The van der Waals surface area contributed by atoms with E-state index in [2.05, 4.69) is 15.6 Å². The van der Waals surface area contributed by atoms with Gasteiger partial charge in [-0.3, -0.25) is 4.79 Å². The second kappa shape index (κ2) is 6.15. The lowest BCUT2D eigenvalue weighted by atomic mass is 10.2. The van der Waals surface area contributed by atoms with E-state index in [4.69, 9.17) is 0 Å². The Kier molecular flexibility index (Phi) is 4.30. The van der Waals surface area contributed by atoms with Crippen molar-refractivity contribution in [2.45, 2.75) is 6.42 Å². The molecule has 5 heteroatoms. The quantitative estimate of drug-likeness (QED) is 0.857. The monoisotopic (exact) mass is 258 g/mol. The molecule has 1 amide bonds. The van der Waals surface area contributed by atoms with Crippen LogP contribution in [0.5, 0.6) is 0 Å². The summed E-state index contributed by atoms with van der Waals surface area (Å²) in [6, 6.07) is 7.70. The van der Waals surface area contributed by atoms with E-state index < -0.39 is 0 Å². The molecule has 2 N–H and O–H groups in total. The molecule has 5 nitrogen and oxygen atoms in total. The number of anilines is 1. The molecule has 0 unspecified atom stereocenters. The molecule has 0 fully saturated rings. The van der Waals surface area contributed by atoms with Crippen LogP contribution in [0.1, 0.15) is 6.42 Å². The molecule has 1 aromatic carbocycles. The maximum atomic E-state index is 11.7. The number of aryl methyl sites for hydroxylation is 1. The summed E-state index contributed by atoms with van der Waals surface area (Å²) in [4.78, 5) is 16.0. The second-order valence-electron chi connectivity index (χ2n) is 4.34. The van der Waals surface area contributed by atoms with Gasteiger partial charge in [0.25, 0.3) is 0 Å². The Hall–Kier alpha value is -2.14. The molecule has 2 rings (SSSR count). The molecular weight excluding hydrogens is 240 g/mol. The molecule has 0 aliphatic carbocycles. The highest BCUT2D eigenvalue weighted by atomic mass is 16.1. The van der Waals surface area contributed by atoms with E-state index in [-0.39, 0.29) is 5.91 Å². The van der Waals surface area contributed by atoms with E-state index in [0.29, 0.717) is 13.0 Å².